The summed E-state index contributed by atoms with van der Waals surface area (Å²) in [5.74, 6) is -2.35. The van der Waals surface area contributed by atoms with E-state index in [1.54, 1.807) is 6.07 Å². The molecule has 1 fully saturated rings. The number of hydrogen-bond acceptors (Lipinski definition) is 4. The Morgan fingerprint density at radius 2 is 1.57 bits per heavy atom. The first kappa shape index (κ1) is 20.6. The molecule has 6 nitrogen and oxygen atoms in total. The number of nitrogens with zero attached hydrogens (tertiary/aromatic N) is 2. The second-order valence-electron chi connectivity index (χ2n) is 7.35. The van der Waals surface area contributed by atoms with E-state index in [4.69, 9.17) is 23.2 Å². The highest BCUT2D eigenvalue weighted by Gasteiger charge is 2.41. The monoisotopic (exact) mass is 449 g/mol. The molecule has 30 heavy (non-hydrogen) atoms. The van der Waals surface area contributed by atoms with Crippen molar-refractivity contribution < 1.29 is 18.8 Å². The molecule has 0 spiro atoms. The van der Waals surface area contributed by atoms with Crippen molar-refractivity contribution in [2.45, 2.75) is 25.8 Å². The van der Waals surface area contributed by atoms with Gasteiger partial charge < -0.3 is 10.2 Å². The molecule has 9 heteroatoms. The first-order valence-corrected chi connectivity index (χ1v) is 10.2. The molecule has 2 aromatic rings. The summed E-state index contributed by atoms with van der Waals surface area (Å²) in [6, 6.07) is 5.82. The van der Waals surface area contributed by atoms with Crippen molar-refractivity contribution in [2.75, 3.05) is 23.3 Å². The predicted octanol–water partition coefficient (Wildman–Crippen LogP) is 4.36. The number of benzene rings is 2. The summed E-state index contributed by atoms with van der Waals surface area (Å²) in [4.78, 5) is 41.1. The van der Waals surface area contributed by atoms with Crippen LogP contribution in [0.2, 0.25) is 10.0 Å². The van der Waals surface area contributed by atoms with E-state index in [1.807, 2.05) is 4.90 Å². The molecule has 1 N–H and O–H groups in total. The van der Waals surface area contributed by atoms with Gasteiger partial charge in [0.1, 0.15) is 11.9 Å². The number of rotatable bonds is 4. The van der Waals surface area contributed by atoms with Crippen LogP contribution in [0.25, 0.3) is 0 Å². The topological polar surface area (TPSA) is 69.7 Å². The fourth-order valence-corrected chi connectivity index (χ4v) is 4.10. The molecular formula is C21H18Cl2FN3O3. The highest BCUT2D eigenvalue weighted by Crippen LogP contribution is 2.33. The molecule has 0 radical (unpaired) electrons. The second-order valence-corrected chi connectivity index (χ2v) is 8.16. The van der Waals surface area contributed by atoms with Crippen molar-refractivity contribution in [1.29, 1.82) is 0 Å². The minimum absolute atomic E-state index is 0.0936. The van der Waals surface area contributed by atoms with Crippen molar-refractivity contribution >= 4 is 52.3 Å². The SMILES string of the molecule is CC(C(=O)Nc1cc(F)cc(N2CCCC2)c1)N1C(=O)c2cc(Cl)c(Cl)cc2C1=O. The van der Waals surface area contributed by atoms with Gasteiger partial charge in [-0.25, -0.2) is 4.39 Å². The third-order valence-electron chi connectivity index (χ3n) is 5.35. The summed E-state index contributed by atoms with van der Waals surface area (Å²) in [5, 5.41) is 2.90. The van der Waals surface area contributed by atoms with Crippen LogP contribution in [0.4, 0.5) is 15.8 Å². The highest BCUT2D eigenvalue weighted by molar-refractivity contribution is 6.43. The molecule has 0 saturated carbocycles. The van der Waals surface area contributed by atoms with E-state index in [2.05, 4.69) is 5.32 Å². The summed E-state index contributed by atoms with van der Waals surface area (Å²) in [7, 11) is 0. The first-order chi connectivity index (χ1) is 14.3. The number of carbonyl (C=O) groups excluding carboxylic acids is 3. The molecule has 156 valence electrons. The molecule has 1 atom stereocenters. The molecule has 2 aliphatic heterocycles. The van der Waals surface area contributed by atoms with Gasteiger partial charge in [-0.05, 0) is 50.1 Å². The standard InChI is InChI=1S/C21H18Cl2FN3O3/c1-11(27-20(29)15-9-17(22)18(23)10-16(15)21(27)30)19(28)25-13-6-12(24)7-14(8-13)26-4-2-3-5-26/h6-11H,2-5H2,1H3,(H,25,28). The Hall–Kier alpha value is -2.64. The number of amides is 3. The third-order valence-corrected chi connectivity index (χ3v) is 6.07. The Balaban J connectivity index is 1.55. The molecule has 0 aliphatic carbocycles. The summed E-state index contributed by atoms with van der Waals surface area (Å²) in [5.41, 5.74) is 1.13. The smallest absolute Gasteiger partial charge is 0.262 e. The van der Waals surface area contributed by atoms with Gasteiger partial charge in [-0.1, -0.05) is 23.2 Å². The van der Waals surface area contributed by atoms with Crippen molar-refractivity contribution in [2.24, 2.45) is 0 Å². The summed E-state index contributed by atoms with van der Waals surface area (Å²) < 4.78 is 14.1. The second kappa shape index (κ2) is 7.89. The highest BCUT2D eigenvalue weighted by atomic mass is 35.5. The van der Waals surface area contributed by atoms with E-state index in [1.165, 1.54) is 31.2 Å². The summed E-state index contributed by atoms with van der Waals surface area (Å²) in [6.07, 6.45) is 2.06. The maximum absolute atomic E-state index is 14.1. The van der Waals surface area contributed by atoms with E-state index in [-0.39, 0.29) is 26.9 Å². The van der Waals surface area contributed by atoms with E-state index >= 15 is 0 Å². The molecule has 0 bridgehead atoms. The zero-order valence-corrected chi connectivity index (χ0v) is 17.6. The van der Waals surface area contributed by atoms with Crippen LogP contribution in [-0.2, 0) is 4.79 Å². The van der Waals surface area contributed by atoms with Gasteiger partial charge in [-0.2, -0.15) is 0 Å². The predicted molar refractivity (Wildman–Crippen MR) is 113 cm³/mol. The minimum Gasteiger partial charge on any atom is -0.371 e. The van der Waals surface area contributed by atoms with E-state index in [0.29, 0.717) is 5.69 Å². The van der Waals surface area contributed by atoms with Crippen LogP contribution in [-0.4, -0.2) is 41.8 Å². The lowest BCUT2D eigenvalue weighted by atomic mass is 10.1. The summed E-state index contributed by atoms with van der Waals surface area (Å²) in [6.45, 7) is 3.09. The van der Waals surface area contributed by atoms with Gasteiger partial charge in [0.05, 0.1) is 21.2 Å². The molecule has 3 amide bonds. The van der Waals surface area contributed by atoms with Crippen LogP contribution < -0.4 is 10.2 Å². The van der Waals surface area contributed by atoms with Gasteiger partial charge in [-0.3, -0.25) is 19.3 Å². The average Bonchev–Trinajstić information content (AvgIpc) is 3.30. The van der Waals surface area contributed by atoms with Crippen LogP contribution in [0.5, 0.6) is 0 Å². The molecule has 2 aromatic carbocycles. The zero-order chi connectivity index (χ0) is 21.6. The lowest BCUT2D eigenvalue weighted by Gasteiger charge is -2.23. The molecule has 0 aromatic heterocycles. The third kappa shape index (κ3) is 3.63. The Bertz CT molecular complexity index is 1030. The largest absolute Gasteiger partial charge is 0.371 e. The zero-order valence-electron chi connectivity index (χ0n) is 16.0. The van der Waals surface area contributed by atoms with Gasteiger partial charge in [0.15, 0.2) is 0 Å². The number of hydrogen-bond donors (Lipinski definition) is 1. The maximum Gasteiger partial charge on any atom is 0.262 e. The molecule has 1 saturated heterocycles. The van der Waals surface area contributed by atoms with Gasteiger partial charge in [0.2, 0.25) is 5.91 Å². The number of anilines is 2. The van der Waals surface area contributed by atoms with Gasteiger partial charge >= 0.3 is 0 Å². The molecule has 2 heterocycles. The van der Waals surface area contributed by atoms with Crippen LogP contribution >= 0.6 is 23.2 Å². The Morgan fingerprint density at radius 3 is 2.13 bits per heavy atom. The number of halogens is 3. The number of imide groups is 1. The minimum atomic E-state index is -1.12. The molecule has 1 unspecified atom stereocenters. The average molecular weight is 450 g/mol. The van der Waals surface area contributed by atoms with E-state index in [0.717, 1.165) is 30.8 Å². The van der Waals surface area contributed by atoms with Gasteiger partial charge in [0, 0.05) is 24.5 Å². The maximum atomic E-state index is 14.1. The molecule has 4 rings (SSSR count). The van der Waals surface area contributed by atoms with Crippen LogP contribution in [0.3, 0.4) is 0 Å². The van der Waals surface area contributed by atoms with Gasteiger partial charge in [-0.15, -0.1) is 0 Å². The number of carbonyl (C=O) groups is 3. The van der Waals surface area contributed by atoms with Crippen molar-refractivity contribution in [3.05, 3.63) is 57.3 Å². The van der Waals surface area contributed by atoms with Crippen molar-refractivity contribution in [1.82, 2.24) is 4.90 Å². The Labute approximate surface area is 182 Å². The Morgan fingerprint density at radius 1 is 1.00 bits per heavy atom. The Kier molecular flexibility index (Phi) is 5.42. The van der Waals surface area contributed by atoms with Crippen LogP contribution in [0.15, 0.2) is 30.3 Å². The lowest BCUT2D eigenvalue weighted by Crippen LogP contribution is -2.45. The van der Waals surface area contributed by atoms with Gasteiger partial charge in [0.25, 0.3) is 11.8 Å². The van der Waals surface area contributed by atoms with E-state index < -0.39 is 29.6 Å². The quantitative estimate of drug-likeness (QED) is 0.704. The summed E-state index contributed by atoms with van der Waals surface area (Å²) >= 11 is 11.9. The molecular weight excluding hydrogens is 432 g/mol. The van der Waals surface area contributed by atoms with E-state index in [9.17, 15) is 18.8 Å². The van der Waals surface area contributed by atoms with Crippen LogP contribution in [0.1, 0.15) is 40.5 Å². The van der Waals surface area contributed by atoms with Crippen LogP contribution in [0, 0.1) is 5.82 Å². The molecule has 2 aliphatic rings. The van der Waals surface area contributed by atoms with Crippen molar-refractivity contribution in [3.8, 4) is 0 Å². The first-order valence-electron chi connectivity index (χ1n) is 9.49. The normalized spacial score (nSPS) is 16.8. The number of nitrogens with one attached hydrogen (secondary N) is 1. The lowest BCUT2D eigenvalue weighted by molar-refractivity contribution is -0.119. The van der Waals surface area contributed by atoms with Crippen molar-refractivity contribution in [3.63, 3.8) is 0 Å². The fraction of sp³-hybridized carbons (Fsp3) is 0.286. The fourth-order valence-electron chi connectivity index (χ4n) is 3.77. The number of fused-ring (bicyclic) bond motifs is 1.